The Morgan fingerprint density at radius 3 is 2.00 bits per heavy atom. The standard InChI is InChI=1S/C8H11Br/c1-4-5-8(9)6-7(8,2)3/h6H2,1-3H3. The first-order valence-electron chi connectivity index (χ1n) is 3.15. The van der Waals surface area contributed by atoms with Gasteiger partial charge in [0.25, 0.3) is 0 Å². The first-order valence-corrected chi connectivity index (χ1v) is 3.94. The van der Waals surface area contributed by atoms with E-state index in [1.165, 1.54) is 6.42 Å². The van der Waals surface area contributed by atoms with Crippen molar-refractivity contribution in [3.05, 3.63) is 0 Å². The van der Waals surface area contributed by atoms with Crippen LogP contribution < -0.4 is 0 Å². The zero-order valence-corrected chi connectivity index (χ0v) is 7.67. The van der Waals surface area contributed by atoms with E-state index in [0.717, 1.165) is 0 Å². The van der Waals surface area contributed by atoms with Gasteiger partial charge in [-0.2, -0.15) is 0 Å². The predicted octanol–water partition coefficient (Wildman–Crippen LogP) is 2.57. The van der Waals surface area contributed by atoms with Crippen LogP contribution in [0.3, 0.4) is 0 Å². The highest BCUT2D eigenvalue weighted by Crippen LogP contribution is 2.61. The summed E-state index contributed by atoms with van der Waals surface area (Å²) in [5.41, 5.74) is 0.399. The van der Waals surface area contributed by atoms with E-state index >= 15 is 0 Å². The predicted molar refractivity (Wildman–Crippen MR) is 43.5 cm³/mol. The van der Waals surface area contributed by atoms with E-state index in [9.17, 15) is 0 Å². The zero-order chi connectivity index (χ0) is 7.12. The maximum absolute atomic E-state index is 3.60. The molecule has 1 heteroatoms. The number of hydrogen-bond acceptors (Lipinski definition) is 0. The SMILES string of the molecule is CC#CC1(Br)CC1(C)C. The summed E-state index contributed by atoms with van der Waals surface area (Å²) in [7, 11) is 0. The van der Waals surface area contributed by atoms with E-state index in [1.807, 2.05) is 6.92 Å². The number of rotatable bonds is 0. The minimum absolute atomic E-state index is 0.148. The van der Waals surface area contributed by atoms with E-state index in [0.29, 0.717) is 5.41 Å². The largest absolute Gasteiger partial charge is 0.105 e. The van der Waals surface area contributed by atoms with Crippen LogP contribution in [0.1, 0.15) is 27.2 Å². The number of hydrogen-bond donors (Lipinski definition) is 0. The van der Waals surface area contributed by atoms with Crippen molar-refractivity contribution in [2.75, 3.05) is 0 Å². The van der Waals surface area contributed by atoms with Gasteiger partial charge in [0.2, 0.25) is 0 Å². The molecule has 1 aliphatic rings. The molecule has 1 fully saturated rings. The van der Waals surface area contributed by atoms with Gasteiger partial charge in [-0.05, 0) is 18.8 Å². The summed E-state index contributed by atoms with van der Waals surface area (Å²) in [6.45, 7) is 6.34. The molecule has 1 rings (SSSR count). The second kappa shape index (κ2) is 1.76. The molecule has 0 aromatic rings. The fourth-order valence-electron chi connectivity index (χ4n) is 0.976. The number of alkyl halides is 1. The van der Waals surface area contributed by atoms with E-state index in [1.54, 1.807) is 0 Å². The molecule has 0 nitrogen and oxygen atoms in total. The van der Waals surface area contributed by atoms with Crippen molar-refractivity contribution < 1.29 is 0 Å². The molecule has 1 saturated carbocycles. The molecule has 0 aromatic heterocycles. The topological polar surface area (TPSA) is 0 Å². The van der Waals surface area contributed by atoms with Crippen molar-refractivity contribution in [2.45, 2.75) is 31.5 Å². The van der Waals surface area contributed by atoms with E-state index < -0.39 is 0 Å². The third-order valence-electron chi connectivity index (χ3n) is 1.96. The Hall–Kier alpha value is 0.0400. The van der Waals surface area contributed by atoms with Crippen molar-refractivity contribution in [1.29, 1.82) is 0 Å². The van der Waals surface area contributed by atoms with Crippen LogP contribution in [0.25, 0.3) is 0 Å². The van der Waals surface area contributed by atoms with Crippen LogP contribution in [0.4, 0.5) is 0 Å². The highest BCUT2D eigenvalue weighted by atomic mass is 79.9. The lowest BCUT2D eigenvalue weighted by Crippen LogP contribution is -2.02. The zero-order valence-electron chi connectivity index (χ0n) is 6.09. The summed E-state index contributed by atoms with van der Waals surface area (Å²) in [4.78, 5) is 0. The van der Waals surface area contributed by atoms with Gasteiger partial charge in [0.05, 0.1) is 4.32 Å². The summed E-state index contributed by atoms with van der Waals surface area (Å²) in [6.07, 6.45) is 1.18. The molecule has 0 amide bonds. The Labute approximate surface area is 65.2 Å². The average Bonchev–Trinajstić information content (AvgIpc) is 2.07. The molecule has 0 saturated heterocycles. The van der Waals surface area contributed by atoms with Crippen LogP contribution in [-0.2, 0) is 0 Å². The molecule has 0 heterocycles. The lowest BCUT2D eigenvalue weighted by atomic mass is 10.1. The van der Waals surface area contributed by atoms with Gasteiger partial charge < -0.3 is 0 Å². The maximum atomic E-state index is 3.60. The molecule has 1 unspecified atom stereocenters. The molecule has 0 bridgehead atoms. The van der Waals surface area contributed by atoms with Gasteiger partial charge in [-0.3, -0.25) is 0 Å². The average molecular weight is 187 g/mol. The fraction of sp³-hybridized carbons (Fsp3) is 0.750. The maximum Gasteiger partial charge on any atom is 0.0919 e. The first kappa shape index (κ1) is 7.15. The van der Waals surface area contributed by atoms with Gasteiger partial charge in [-0.25, -0.2) is 0 Å². The van der Waals surface area contributed by atoms with Crippen LogP contribution >= 0.6 is 15.9 Å². The van der Waals surface area contributed by atoms with Crippen molar-refractivity contribution in [2.24, 2.45) is 5.41 Å². The molecule has 0 N–H and O–H groups in total. The van der Waals surface area contributed by atoms with Crippen molar-refractivity contribution in [3.63, 3.8) is 0 Å². The molecule has 1 aliphatic carbocycles. The lowest BCUT2D eigenvalue weighted by molar-refractivity contribution is 0.636. The molecule has 0 spiro atoms. The summed E-state index contributed by atoms with van der Waals surface area (Å²) in [6, 6.07) is 0. The minimum atomic E-state index is 0.148. The van der Waals surface area contributed by atoms with Gasteiger partial charge in [0, 0.05) is 0 Å². The summed E-state index contributed by atoms with van der Waals surface area (Å²) in [5.74, 6) is 6.08. The summed E-state index contributed by atoms with van der Waals surface area (Å²) < 4.78 is 0.148. The van der Waals surface area contributed by atoms with E-state index in [-0.39, 0.29) is 4.32 Å². The molecular weight excluding hydrogens is 176 g/mol. The van der Waals surface area contributed by atoms with Gasteiger partial charge in [-0.1, -0.05) is 35.7 Å². The van der Waals surface area contributed by atoms with Gasteiger partial charge in [0.15, 0.2) is 0 Å². The van der Waals surface area contributed by atoms with Crippen LogP contribution in [0.15, 0.2) is 0 Å². The van der Waals surface area contributed by atoms with Crippen LogP contribution in [-0.4, -0.2) is 4.32 Å². The van der Waals surface area contributed by atoms with Gasteiger partial charge in [-0.15, -0.1) is 5.92 Å². The summed E-state index contributed by atoms with van der Waals surface area (Å²) >= 11 is 3.60. The molecular formula is C8H11Br. The molecule has 50 valence electrons. The molecule has 9 heavy (non-hydrogen) atoms. The quantitative estimate of drug-likeness (QED) is 0.404. The van der Waals surface area contributed by atoms with Gasteiger partial charge >= 0.3 is 0 Å². The van der Waals surface area contributed by atoms with Crippen molar-refractivity contribution in [3.8, 4) is 11.8 Å². The van der Waals surface area contributed by atoms with Crippen molar-refractivity contribution >= 4 is 15.9 Å². The molecule has 1 atom stereocenters. The number of halogens is 1. The minimum Gasteiger partial charge on any atom is -0.105 e. The first-order chi connectivity index (χ1) is 4.02. The van der Waals surface area contributed by atoms with E-state index in [2.05, 4.69) is 41.6 Å². The monoisotopic (exact) mass is 186 g/mol. The molecule has 0 aliphatic heterocycles. The second-order valence-corrected chi connectivity index (χ2v) is 4.59. The van der Waals surface area contributed by atoms with Crippen LogP contribution in [0.2, 0.25) is 0 Å². The Bertz CT molecular complexity index is 182. The van der Waals surface area contributed by atoms with Gasteiger partial charge in [0.1, 0.15) is 0 Å². The highest BCUT2D eigenvalue weighted by molar-refractivity contribution is 9.10. The molecule has 0 aromatic carbocycles. The Morgan fingerprint density at radius 1 is 1.44 bits per heavy atom. The fourth-order valence-corrected chi connectivity index (χ4v) is 1.88. The lowest BCUT2D eigenvalue weighted by Gasteiger charge is -2.02. The molecule has 0 radical (unpaired) electrons. The summed E-state index contributed by atoms with van der Waals surface area (Å²) in [5, 5.41) is 0. The highest BCUT2D eigenvalue weighted by Gasteiger charge is 2.58. The third kappa shape index (κ3) is 1.01. The van der Waals surface area contributed by atoms with Crippen LogP contribution in [0.5, 0.6) is 0 Å². The van der Waals surface area contributed by atoms with E-state index in [4.69, 9.17) is 0 Å². The third-order valence-corrected chi connectivity index (χ3v) is 3.51. The van der Waals surface area contributed by atoms with Crippen molar-refractivity contribution in [1.82, 2.24) is 0 Å². The smallest absolute Gasteiger partial charge is 0.0919 e. The Balaban J connectivity index is 2.70. The Kier molecular flexibility index (Phi) is 1.40. The Morgan fingerprint density at radius 2 is 1.89 bits per heavy atom. The normalized spacial score (nSPS) is 36.9. The van der Waals surface area contributed by atoms with Crippen LogP contribution in [0, 0.1) is 17.3 Å². The second-order valence-electron chi connectivity index (χ2n) is 3.24.